The van der Waals surface area contributed by atoms with Crippen molar-refractivity contribution in [2.45, 2.75) is 59.3 Å². The van der Waals surface area contributed by atoms with E-state index in [0.717, 1.165) is 12.8 Å². The first-order valence-electron chi connectivity index (χ1n) is 8.37. The van der Waals surface area contributed by atoms with Crippen molar-refractivity contribution in [2.24, 2.45) is 17.1 Å². The molecule has 1 aliphatic carbocycles. The normalized spacial score (nSPS) is 19.6. The minimum atomic E-state index is -2.77. The molecule has 0 saturated heterocycles. The van der Waals surface area contributed by atoms with Gasteiger partial charge in [-0.25, -0.2) is 0 Å². The molecule has 22 heavy (non-hydrogen) atoms. The Hall–Kier alpha value is -0.380. The van der Waals surface area contributed by atoms with Gasteiger partial charge in [0.2, 0.25) is 7.37 Å². The zero-order chi connectivity index (χ0) is 16.6. The van der Waals surface area contributed by atoms with E-state index in [1.807, 2.05) is 0 Å². The van der Waals surface area contributed by atoms with Crippen LogP contribution in [0.4, 0.5) is 0 Å². The predicted octanol–water partition coefficient (Wildman–Crippen LogP) is 3.76. The van der Waals surface area contributed by atoms with Crippen LogP contribution in [-0.2, 0) is 18.6 Å². The maximum absolute atomic E-state index is 13.0. The van der Waals surface area contributed by atoms with E-state index < -0.39 is 12.8 Å². The van der Waals surface area contributed by atoms with Crippen LogP contribution in [0.5, 0.6) is 0 Å². The third-order valence-corrected chi connectivity index (χ3v) is 6.70. The summed E-state index contributed by atoms with van der Waals surface area (Å²) in [5.74, 6) is 0.131. The first-order chi connectivity index (χ1) is 10.3. The molecule has 1 fully saturated rings. The van der Waals surface area contributed by atoms with Gasteiger partial charge in [0.05, 0.1) is 5.41 Å². The van der Waals surface area contributed by atoms with E-state index in [-0.39, 0.29) is 12.8 Å². The van der Waals surface area contributed by atoms with E-state index in [9.17, 15) is 9.36 Å². The van der Waals surface area contributed by atoms with Gasteiger partial charge < -0.3 is 10.5 Å². The number of ether oxygens (including phenoxy) is 1. The van der Waals surface area contributed by atoms with Crippen LogP contribution in [0.3, 0.4) is 0 Å². The van der Waals surface area contributed by atoms with Gasteiger partial charge in [-0.1, -0.05) is 19.3 Å². The fourth-order valence-electron chi connectivity index (χ4n) is 2.70. The average Bonchev–Trinajstić information content (AvgIpc) is 2.45. The van der Waals surface area contributed by atoms with Gasteiger partial charge in [0.15, 0.2) is 6.79 Å². The summed E-state index contributed by atoms with van der Waals surface area (Å²) in [6.07, 6.45) is 7.69. The van der Waals surface area contributed by atoms with Crippen molar-refractivity contribution >= 4 is 13.3 Å². The minimum Gasteiger partial charge on any atom is -0.438 e. The standard InChI is InChI=1S/C16H32NO4P/c1-16(2,3)15(18)20-13-21-22(19,11-7-10-17)12-14-8-5-4-6-9-14/h14H,4-13,17H2,1-3H3. The van der Waals surface area contributed by atoms with E-state index in [1.54, 1.807) is 20.8 Å². The first kappa shape index (κ1) is 19.7. The molecule has 1 rings (SSSR count). The molecule has 0 heterocycles. The summed E-state index contributed by atoms with van der Waals surface area (Å²) < 4.78 is 23.7. The third kappa shape index (κ3) is 7.26. The molecular weight excluding hydrogens is 301 g/mol. The van der Waals surface area contributed by atoms with Crippen molar-refractivity contribution in [1.82, 2.24) is 0 Å². The lowest BCUT2D eigenvalue weighted by molar-refractivity contribution is -0.159. The second-order valence-electron chi connectivity index (χ2n) is 7.30. The third-order valence-electron chi connectivity index (χ3n) is 4.05. The lowest BCUT2D eigenvalue weighted by atomic mass is 9.91. The topological polar surface area (TPSA) is 78.6 Å². The van der Waals surface area contributed by atoms with Crippen molar-refractivity contribution in [2.75, 3.05) is 25.7 Å². The minimum absolute atomic E-state index is 0.218. The molecule has 0 aliphatic heterocycles. The van der Waals surface area contributed by atoms with Crippen LogP contribution in [0.25, 0.3) is 0 Å². The maximum atomic E-state index is 13.0. The molecule has 0 radical (unpaired) electrons. The average molecular weight is 333 g/mol. The maximum Gasteiger partial charge on any atom is 0.313 e. The van der Waals surface area contributed by atoms with Gasteiger partial charge in [0.25, 0.3) is 0 Å². The second-order valence-corrected chi connectivity index (χ2v) is 10.00. The molecule has 1 atom stereocenters. The number of carbonyl (C=O) groups excluding carboxylic acids is 1. The Kier molecular flexibility index (Phi) is 8.09. The van der Waals surface area contributed by atoms with Gasteiger partial charge in [-0.05, 0) is 52.5 Å². The molecule has 0 bridgehead atoms. The number of carbonyl (C=O) groups is 1. The summed E-state index contributed by atoms with van der Waals surface area (Å²) in [4.78, 5) is 11.7. The molecule has 5 nitrogen and oxygen atoms in total. The molecule has 0 aromatic carbocycles. The molecule has 0 aromatic heterocycles. The van der Waals surface area contributed by atoms with Gasteiger partial charge in [-0.2, -0.15) is 0 Å². The summed E-state index contributed by atoms with van der Waals surface area (Å²) in [6.45, 7) is 5.63. The van der Waals surface area contributed by atoms with Crippen molar-refractivity contribution in [3.05, 3.63) is 0 Å². The highest BCUT2D eigenvalue weighted by atomic mass is 31.2. The predicted molar refractivity (Wildman–Crippen MR) is 89.1 cm³/mol. The first-order valence-corrected chi connectivity index (χ1v) is 10.4. The molecule has 0 spiro atoms. The Bertz CT molecular complexity index is 386. The Morgan fingerprint density at radius 1 is 1.23 bits per heavy atom. The van der Waals surface area contributed by atoms with E-state index in [0.29, 0.717) is 31.2 Å². The van der Waals surface area contributed by atoms with Crippen LogP contribution in [0.2, 0.25) is 0 Å². The molecule has 6 heteroatoms. The molecule has 130 valence electrons. The lowest BCUT2D eigenvalue weighted by Gasteiger charge is -2.27. The SMILES string of the molecule is CC(C)(C)C(=O)OCOP(=O)(CCCN)CC1CCCCC1. The fraction of sp³-hybridized carbons (Fsp3) is 0.938. The van der Waals surface area contributed by atoms with Gasteiger partial charge >= 0.3 is 5.97 Å². The van der Waals surface area contributed by atoms with Crippen LogP contribution in [0.1, 0.15) is 59.3 Å². The van der Waals surface area contributed by atoms with Crippen LogP contribution in [0, 0.1) is 11.3 Å². The quantitative estimate of drug-likeness (QED) is 0.416. The van der Waals surface area contributed by atoms with Crippen LogP contribution in [0.15, 0.2) is 0 Å². The summed E-state index contributed by atoms with van der Waals surface area (Å²) in [7, 11) is -2.77. The smallest absolute Gasteiger partial charge is 0.313 e. The number of hydrogen-bond donors (Lipinski definition) is 1. The van der Waals surface area contributed by atoms with Gasteiger partial charge in [-0.15, -0.1) is 0 Å². The molecule has 1 unspecified atom stereocenters. The second kappa shape index (κ2) is 9.05. The van der Waals surface area contributed by atoms with Crippen LogP contribution < -0.4 is 5.73 Å². The highest BCUT2D eigenvalue weighted by Crippen LogP contribution is 2.51. The molecule has 2 N–H and O–H groups in total. The van der Waals surface area contributed by atoms with E-state index in [2.05, 4.69) is 0 Å². The van der Waals surface area contributed by atoms with Crippen molar-refractivity contribution in [3.8, 4) is 0 Å². The Labute approximate surface area is 134 Å². The summed E-state index contributed by atoms with van der Waals surface area (Å²) in [5.41, 5.74) is 4.97. The van der Waals surface area contributed by atoms with Crippen LogP contribution in [-0.4, -0.2) is 31.6 Å². The van der Waals surface area contributed by atoms with Gasteiger partial charge in [0.1, 0.15) is 0 Å². The Morgan fingerprint density at radius 3 is 2.41 bits per heavy atom. The molecule has 0 amide bonds. The van der Waals surface area contributed by atoms with E-state index >= 15 is 0 Å². The van der Waals surface area contributed by atoms with Crippen LogP contribution >= 0.6 is 7.37 Å². The lowest BCUT2D eigenvalue weighted by Crippen LogP contribution is -2.24. The molecule has 1 aliphatic rings. The molecule has 0 aromatic rings. The number of nitrogens with two attached hydrogens (primary N) is 1. The highest BCUT2D eigenvalue weighted by Gasteiger charge is 2.30. The Balaban J connectivity index is 2.51. The zero-order valence-corrected chi connectivity index (χ0v) is 15.2. The van der Waals surface area contributed by atoms with E-state index in [4.69, 9.17) is 15.0 Å². The summed E-state index contributed by atoms with van der Waals surface area (Å²) in [6, 6.07) is 0. The fourth-order valence-corrected chi connectivity index (χ4v) is 5.17. The number of esters is 1. The van der Waals surface area contributed by atoms with E-state index in [1.165, 1.54) is 19.3 Å². The molecule has 1 saturated carbocycles. The number of hydrogen-bond acceptors (Lipinski definition) is 5. The summed E-state index contributed by atoms with van der Waals surface area (Å²) in [5, 5.41) is 0. The van der Waals surface area contributed by atoms with Gasteiger partial charge in [-0.3, -0.25) is 13.9 Å². The van der Waals surface area contributed by atoms with Gasteiger partial charge in [0, 0.05) is 12.3 Å². The molecular formula is C16H32NO4P. The highest BCUT2D eigenvalue weighted by molar-refractivity contribution is 7.59. The zero-order valence-electron chi connectivity index (χ0n) is 14.3. The van der Waals surface area contributed by atoms with Crippen molar-refractivity contribution < 1.29 is 18.6 Å². The van der Waals surface area contributed by atoms with Crippen molar-refractivity contribution in [3.63, 3.8) is 0 Å². The van der Waals surface area contributed by atoms with Crippen molar-refractivity contribution in [1.29, 1.82) is 0 Å². The summed E-state index contributed by atoms with van der Waals surface area (Å²) >= 11 is 0. The monoisotopic (exact) mass is 333 g/mol. The Morgan fingerprint density at radius 2 is 1.86 bits per heavy atom. The largest absolute Gasteiger partial charge is 0.438 e. The number of rotatable bonds is 8.